The first-order valence-corrected chi connectivity index (χ1v) is 9.73. The number of nitrogens with one attached hydrogen (secondary N) is 1. The van der Waals surface area contributed by atoms with E-state index in [1.54, 1.807) is 6.07 Å². The average molecular weight is 392 g/mol. The van der Waals surface area contributed by atoms with Crippen LogP contribution in [0, 0.1) is 0 Å². The number of phenolic OH excluding ortho intramolecular Hbond substituents is 1. The highest BCUT2D eigenvalue weighted by Crippen LogP contribution is 2.50. The van der Waals surface area contributed by atoms with Crippen molar-refractivity contribution in [3.8, 4) is 17.2 Å². The number of rotatable bonds is 1. The fourth-order valence-corrected chi connectivity index (χ4v) is 5.24. The second-order valence-corrected chi connectivity index (χ2v) is 8.01. The first kappa shape index (κ1) is 18.0. The molecule has 1 aromatic carbocycles. The van der Waals surface area contributed by atoms with Gasteiger partial charge in [0.2, 0.25) is 12.5 Å². The molecule has 1 aliphatic carbocycles. The van der Waals surface area contributed by atoms with Gasteiger partial charge in [-0.05, 0) is 37.6 Å². The van der Waals surface area contributed by atoms with Gasteiger partial charge in [0, 0.05) is 12.0 Å². The largest absolute Gasteiger partial charge is 0.504 e. The van der Waals surface area contributed by atoms with Gasteiger partial charge in [0.1, 0.15) is 12.2 Å². The second-order valence-electron chi connectivity index (χ2n) is 8.01. The molecule has 6 unspecified atom stereocenters. The van der Waals surface area contributed by atoms with Crippen LogP contribution in [0.5, 0.6) is 17.2 Å². The normalized spacial score (nSPS) is 37.2. The minimum atomic E-state index is -1.38. The van der Waals surface area contributed by atoms with E-state index in [4.69, 9.17) is 9.47 Å². The topological polar surface area (TPSA) is 132 Å². The van der Waals surface area contributed by atoms with Gasteiger partial charge in [-0.3, -0.25) is 9.69 Å². The molecule has 1 aromatic rings. The molecule has 2 fully saturated rings. The lowest BCUT2D eigenvalue weighted by Gasteiger charge is -2.53. The van der Waals surface area contributed by atoms with Crippen LogP contribution in [0.2, 0.25) is 0 Å². The summed E-state index contributed by atoms with van der Waals surface area (Å²) in [6.07, 6.45) is -0.839. The Morgan fingerprint density at radius 3 is 2.54 bits per heavy atom. The number of carbonyl (C=O) groups is 1. The molecule has 9 heteroatoms. The average Bonchev–Trinajstić information content (AvgIpc) is 3.17. The standard InChI is InChI=1S/C19H24N2O7/c22-14-11-8(6-9-18(14)28-7-27-9)10-12(20-19(11)26)15(23)17(25)16(24)13(10)21-4-2-1-3-5-21/h6,10,12-13,15-17,22-25H,1-5,7H2,(H,20,26). The van der Waals surface area contributed by atoms with E-state index in [1.165, 1.54) is 0 Å². The molecule has 1 saturated carbocycles. The third-order valence-electron chi connectivity index (χ3n) is 6.54. The van der Waals surface area contributed by atoms with E-state index < -0.39 is 42.2 Å². The number of amides is 1. The lowest BCUT2D eigenvalue weighted by atomic mass is 9.68. The van der Waals surface area contributed by atoms with Gasteiger partial charge in [0.25, 0.3) is 5.91 Å². The highest BCUT2D eigenvalue weighted by Gasteiger charge is 2.55. The molecule has 0 aromatic heterocycles. The molecule has 28 heavy (non-hydrogen) atoms. The van der Waals surface area contributed by atoms with E-state index in [0.29, 0.717) is 11.3 Å². The summed E-state index contributed by atoms with van der Waals surface area (Å²) in [4.78, 5) is 14.9. The number of carbonyl (C=O) groups excluding carboxylic acids is 1. The molecule has 9 nitrogen and oxygen atoms in total. The molecule has 4 aliphatic rings. The van der Waals surface area contributed by atoms with Crippen molar-refractivity contribution in [2.24, 2.45) is 0 Å². The van der Waals surface area contributed by atoms with Crippen molar-refractivity contribution in [1.29, 1.82) is 0 Å². The number of phenols is 1. The second kappa shape index (κ2) is 6.48. The van der Waals surface area contributed by atoms with E-state index in [9.17, 15) is 25.2 Å². The van der Waals surface area contributed by atoms with Gasteiger partial charge in [-0.2, -0.15) is 0 Å². The van der Waals surface area contributed by atoms with Gasteiger partial charge >= 0.3 is 0 Å². The number of benzene rings is 1. The molecule has 0 bridgehead atoms. The van der Waals surface area contributed by atoms with Crippen molar-refractivity contribution < 1.29 is 34.7 Å². The lowest BCUT2D eigenvalue weighted by molar-refractivity contribution is -0.142. The smallest absolute Gasteiger partial charge is 0.255 e. The van der Waals surface area contributed by atoms with Gasteiger partial charge in [-0.15, -0.1) is 0 Å². The van der Waals surface area contributed by atoms with Crippen molar-refractivity contribution in [2.75, 3.05) is 19.9 Å². The predicted octanol–water partition coefficient (Wildman–Crippen LogP) is -0.733. The number of fused-ring (bicyclic) bond motifs is 4. The zero-order valence-electron chi connectivity index (χ0n) is 15.2. The Labute approximate surface area is 161 Å². The fourth-order valence-electron chi connectivity index (χ4n) is 5.24. The first-order valence-electron chi connectivity index (χ1n) is 9.73. The van der Waals surface area contributed by atoms with Gasteiger partial charge in [-0.1, -0.05) is 6.42 Å². The summed E-state index contributed by atoms with van der Waals surface area (Å²) in [5.41, 5.74) is 0.569. The minimum absolute atomic E-state index is 0.0545. The van der Waals surface area contributed by atoms with Crippen molar-refractivity contribution in [3.63, 3.8) is 0 Å². The van der Waals surface area contributed by atoms with Gasteiger partial charge in [-0.25, -0.2) is 0 Å². The molecule has 3 aliphatic heterocycles. The van der Waals surface area contributed by atoms with Crippen molar-refractivity contribution in [2.45, 2.75) is 55.6 Å². The van der Waals surface area contributed by atoms with E-state index in [2.05, 4.69) is 10.2 Å². The van der Waals surface area contributed by atoms with Crippen molar-refractivity contribution >= 4 is 5.91 Å². The molecule has 1 saturated heterocycles. The summed E-state index contributed by atoms with van der Waals surface area (Å²) in [6.45, 7) is 1.46. The van der Waals surface area contributed by atoms with E-state index in [0.717, 1.165) is 32.4 Å². The summed E-state index contributed by atoms with van der Waals surface area (Å²) >= 11 is 0. The number of hydrogen-bond acceptors (Lipinski definition) is 8. The quantitative estimate of drug-likeness (QED) is 0.423. The molecule has 0 spiro atoms. The minimum Gasteiger partial charge on any atom is -0.504 e. The number of piperidine rings is 1. The van der Waals surface area contributed by atoms with Gasteiger partial charge in [0.15, 0.2) is 11.5 Å². The zero-order chi connectivity index (χ0) is 19.6. The Morgan fingerprint density at radius 1 is 1.04 bits per heavy atom. The predicted molar refractivity (Wildman–Crippen MR) is 95.5 cm³/mol. The van der Waals surface area contributed by atoms with Crippen LogP contribution < -0.4 is 14.8 Å². The molecule has 152 valence electrons. The Balaban J connectivity index is 1.67. The maximum atomic E-state index is 12.7. The van der Waals surface area contributed by atoms with Crippen LogP contribution in [0.15, 0.2) is 6.07 Å². The van der Waals surface area contributed by atoms with Crippen LogP contribution in [-0.2, 0) is 0 Å². The number of hydrogen-bond donors (Lipinski definition) is 5. The monoisotopic (exact) mass is 392 g/mol. The lowest BCUT2D eigenvalue weighted by Crippen LogP contribution is -2.70. The summed E-state index contributed by atoms with van der Waals surface area (Å²) in [6, 6.07) is 0.356. The molecular formula is C19H24N2O7. The van der Waals surface area contributed by atoms with Crippen molar-refractivity contribution in [1.82, 2.24) is 10.2 Å². The molecule has 3 heterocycles. The number of likely N-dealkylation sites (tertiary alicyclic amines) is 1. The molecule has 0 radical (unpaired) electrons. The van der Waals surface area contributed by atoms with E-state index in [1.807, 2.05) is 0 Å². The summed E-state index contributed by atoms with van der Waals surface area (Å²) in [5.74, 6) is -0.906. The van der Waals surface area contributed by atoms with Crippen LogP contribution in [0.25, 0.3) is 0 Å². The molecule has 1 amide bonds. The molecule has 5 rings (SSSR count). The number of ether oxygens (including phenoxy) is 2. The Bertz CT molecular complexity index is 808. The highest BCUT2D eigenvalue weighted by atomic mass is 16.7. The van der Waals surface area contributed by atoms with Crippen LogP contribution in [-0.4, -0.2) is 81.5 Å². The SMILES string of the molecule is O=C1NC2C(O)C(O)C(O)C(N3CCCCC3)C2c2cc3c(c(O)c21)OCO3. The molecular weight excluding hydrogens is 368 g/mol. The fraction of sp³-hybridized carbons (Fsp3) is 0.632. The maximum Gasteiger partial charge on any atom is 0.255 e. The van der Waals surface area contributed by atoms with Gasteiger partial charge in [0.05, 0.1) is 17.7 Å². The third-order valence-corrected chi connectivity index (χ3v) is 6.54. The number of aliphatic hydroxyl groups is 3. The Kier molecular flexibility index (Phi) is 4.16. The number of aromatic hydroxyl groups is 1. The Morgan fingerprint density at radius 2 is 1.79 bits per heavy atom. The summed E-state index contributed by atoms with van der Waals surface area (Å²) in [5, 5.41) is 45.3. The number of nitrogens with zero attached hydrogens (tertiary/aromatic N) is 1. The maximum absolute atomic E-state index is 12.7. The summed E-state index contributed by atoms with van der Waals surface area (Å²) in [7, 11) is 0. The van der Waals surface area contributed by atoms with Crippen molar-refractivity contribution in [3.05, 3.63) is 17.2 Å². The van der Waals surface area contributed by atoms with Crippen LogP contribution in [0.1, 0.15) is 41.1 Å². The molecule has 6 atom stereocenters. The molecule has 5 N–H and O–H groups in total. The van der Waals surface area contributed by atoms with E-state index in [-0.39, 0.29) is 23.9 Å². The highest BCUT2D eigenvalue weighted by molar-refractivity contribution is 6.01. The number of aliphatic hydroxyl groups excluding tert-OH is 3. The van der Waals surface area contributed by atoms with E-state index >= 15 is 0 Å². The zero-order valence-corrected chi connectivity index (χ0v) is 15.2. The van der Waals surface area contributed by atoms with Crippen LogP contribution in [0.4, 0.5) is 0 Å². The summed E-state index contributed by atoms with van der Waals surface area (Å²) < 4.78 is 10.7. The van der Waals surface area contributed by atoms with Crippen LogP contribution in [0.3, 0.4) is 0 Å². The Hall–Kier alpha value is -2.07. The van der Waals surface area contributed by atoms with Gasteiger partial charge < -0.3 is 35.2 Å². The first-order chi connectivity index (χ1) is 13.5. The van der Waals surface area contributed by atoms with Crippen LogP contribution >= 0.6 is 0 Å². The third kappa shape index (κ3) is 2.43.